The predicted octanol–water partition coefficient (Wildman–Crippen LogP) is -3.16. The number of rotatable bonds is 28. The summed E-state index contributed by atoms with van der Waals surface area (Å²) in [6, 6.07) is -1.42. The van der Waals surface area contributed by atoms with Crippen LogP contribution in [0.15, 0.2) is 11.6 Å². The summed E-state index contributed by atoms with van der Waals surface area (Å²) in [4.78, 5) is 68.3. The zero-order chi connectivity index (χ0) is 81.8. The van der Waals surface area contributed by atoms with E-state index in [9.17, 15) is 106 Å². The second-order valence-corrected chi connectivity index (χ2v) is 35.2. The quantitative estimate of drug-likeness (QED) is 0.0159. The number of aliphatic hydroxyl groups is 16. The number of carboxylic acids is 2. The third-order valence-electron chi connectivity index (χ3n) is 27.8. The molecule has 6 saturated heterocycles. The van der Waals surface area contributed by atoms with Crippen LogP contribution in [0, 0.1) is 50.2 Å². The number of ether oxygens (including phenoxy) is 11. The maximum absolute atomic E-state index is 16.2. The van der Waals surface area contributed by atoms with Crippen LogP contribution in [0.5, 0.6) is 0 Å². The van der Waals surface area contributed by atoms with E-state index >= 15 is 4.79 Å². The molecule has 11 aliphatic rings. The van der Waals surface area contributed by atoms with Crippen molar-refractivity contribution in [2.24, 2.45) is 50.2 Å². The molecular weight excluding hydrogens is 1480 g/mol. The summed E-state index contributed by atoms with van der Waals surface area (Å²) in [5, 5.41) is 204. The molecule has 18 unspecified atom stereocenters. The molecule has 36 nitrogen and oxygen atoms in total. The average molecular weight is 1610 g/mol. The van der Waals surface area contributed by atoms with Crippen molar-refractivity contribution < 1.29 is 168 Å². The molecule has 0 spiro atoms. The van der Waals surface area contributed by atoms with E-state index in [0.29, 0.717) is 57.8 Å². The molecule has 4 saturated carbocycles. The molecule has 0 aromatic heterocycles. The van der Waals surface area contributed by atoms with Crippen LogP contribution in [0.1, 0.15) is 170 Å². The lowest BCUT2D eigenvalue weighted by Gasteiger charge is -2.71. The average Bonchev–Trinajstić information content (AvgIpc) is 0.669. The number of hydrogen-bond acceptors (Lipinski definition) is 32. The standard InChI is InChI=1S/C76H122N2O34/c1-33-58(108-65-53(94)47(88)36(82)30-102-65)52(93)56(97)67(104-33)110-60-50(91)46(77-44(85)16-14-12-10-8-9-11-13-15-17-45(86)87)38(28-79)105-63(60)78-70(101)76-25-24-71(2,3)26-35(76)34-18-19-41-72(4)22-21-43(73(5,32-81)40(72)20-23-74(41,6)75(34,7)27-42(76)84)107-69-62(112-68-55(96)51(92)49(90)39(29-80)106-68)59(57(98)61(111-69)64(99)100)109-66-54(95)48(89)37(83)31-103-66/h18,32-33,35-43,46-63,65-69,79-80,82-84,88-98H,8-17,19-31H2,1-7H3,(H,77,85)(H,78,101)(H,86,87)(H,99,100)/t33?,35?,36-,37-,38?,39?,40-,41?,42?,43+,46+,47?,48+,49+,50?,51+,52?,53?,54?,55?,56?,57+,58+,59+,60?,61?,62?,63-,65+,66+,67+,68+,69-,72?,73-,74?,75-,76-/m1/s1. The third-order valence-corrected chi connectivity index (χ3v) is 27.8. The first-order chi connectivity index (χ1) is 52.8. The number of carboxylic acid groups (broad SMARTS) is 2. The van der Waals surface area contributed by atoms with Crippen LogP contribution in [-0.2, 0) is 76.1 Å². The lowest BCUT2D eigenvalue weighted by molar-refractivity contribution is -0.391. The fourth-order valence-electron chi connectivity index (χ4n) is 21.0. The van der Waals surface area contributed by atoms with Crippen molar-refractivity contribution in [3.8, 4) is 0 Å². The highest BCUT2D eigenvalue weighted by Gasteiger charge is 2.73. The number of unbranched alkanes of at least 4 members (excludes halogenated alkanes) is 7. The van der Waals surface area contributed by atoms with Crippen LogP contribution in [-0.4, -0.2) is 332 Å². The van der Waals surface area contributed by atoms with Crippen LogP contribution in [0.25, 0.3) is 0 Å². The molecule has 11 rings (SSSR count). The minimum Gasteiger partial charge on any atom is -0.481 e. The third kappa shape index (κ3) is 17.0. The minimum absolute atomic E-state index is 0.00132. The molecule has 5 aliphatic carbocycles. The predicted molar refractivity (Wildman–Crippen MR) is 379 cm³/mol. The molecule has 36 heteroatoms. The van der Waals surface area contributed by atoms with Gasteiger partial charge in [-0.3, -0.25) is 14.4 Å². The van der Waals surface area contributed by atoms with E-state index in [1.807, 2.05) is 0 Å². The highest BCUT2D eigenvalue weighted by Crippen LogP contribution is 2.76. The number of nitrogens with one attached hydrogen (secondary N) is 2. The van der Waals surface area contributed by atoms with Gasteiger partial charge in [0.25, 0.3) is 0 Å². The van der Waals surface area contributed by atoms with Gasteiger partial charge in [-0.1, -0.05) is 91.7 Å². The summed E-state index contributed by atoms with van der Waals surface area (Å²) >= 11 is 0. The van der Waals surface area contributed by atoms with Gasteiger partial charge in [0.2, 0.25) is 11.8 Å². The molecule has 0 aromatic rings. The van der Waals surface area contributed by atoms with Gasteiger partial charge >= 0.3 is 11.9 Å². The highest BCUT2D eigenvalue weighted by molar-refractivity contribution is 5.85. The Labute approximate surface area is 649 Å². The number of carbonyl (C=O) groups excluding carboxylic acids is 3. The van der Waals surface area contributed by atoms with Gasteiger partial charge in [0.1, 0.15) is 122 Å². The molecule has 6 heterocycles. The first kappa shape index (κ1) is 89.0. The van der Waals surface area contributed by atoms with Crippen LogP contribution in [0.2, 0.25) is 0 Å². The van der Waals surface area contributed by atoms with E-state index in [1.54, 1.807) is 6.92 Å². The monoisotopic (exact) mass is 1610 g/mol. The maximum atomic E-state index is 16.2. The normalized spacial score (nSPS) is 48.8. The van der Waals surface area contributed by atoms with Crippen molar-refractivity contribution in [3.05, 3.63) is 11.6 Å². The molecule has 20 N–H and O–H groups in total. The number of allylic oxidation sites excluding steroid dienone is 2. The molecule has 112 heavy (non-hydrogen) atoms. The van der Waals surface area contributed by atoms with Crippen molar-refractivity contribution in [1.82, 2.24) is 10.6 Å². The summed E-state index contributed by atoms with van der Waals surface area (Å²) < 4.78 is 66.7. The maximum Gasteiger partial charge on any atom is 0.335 e. The Morgan fingerprint density at radius 1 is 0.527 bits per heavy atom. The van der Waals surface area contributed by atoms with Crippen LogP contribution in [0.3, 0.4) is 0 Å². The number of aldehydes is 1. The molecule has 0 aromatic carbocycles. The largest absolute Gasteiger partial charge is 0.481 e. The number of aliphatic carboxylic acids is 2. The Balaban J connectivity index is 0.854. The van der Waals surface area contributed by atoms with Gasteiger partial charge in [0, 0.05) is 12.8 Å². The lowest BCUT2D eigenvalue weighted by atomic mass is 9.33. The molecule has 2 amide bonds. The smallest absolute Gasteiger partial charge is 0.335 e. The molecular formula is C76H122N2O34. The van der Waals surface area contributed by atoms with Gasteiger partial charge in [-0.15, -0.1) is 0 Å². The van der Waals surface area contributed by atoms with E-state index in [4.69, 9.17) is 57.2 Å². The van der Waals surface area contributed by atoms with Crippen LogP contribution < -0.4 is 10.6 Å². The summed E-state index contributed by atoms with van der Waals surface area (Å²) in [6.45, 7) is 11.0. The summed E-state index contributed by atoms with van der Waals surface area (Å²) in [5.41, 5.74) is -4.81. The Bertz CT molecular complexity index is 3250. The molecule has 6 aliphatic heterocycles. The fourth-order valence-corrected chi connectivity index (χ4v) is 21.0. The second-order valence-electron chi connectivity index (χ2n) is 35.2. The number of hydrogen-bond donors (Lipinski definition) is 20. The summed E-state index contributed by atoms with van der Waals surface area (Å²) in [7, 11) is 0. The van der Waals surface area contributed by atoms with E-state index in [2.05, 4.69) is 51.3 Å². The van der Waals surface area contributed by atoms with Gasteiger partial charge in [-0.05, 0) is 117 Å². The first-order valence-corrected chi connectivity index (χ1v) is 39.9. The number of amides is 2. The highest BCUT2D eigenvalue weighted by atomic mass is 16.8. The van der Waals surface area contributed by atoms with Crippen molar-refractivity contribution in [3.63, 3.8) is 0 Å². The van der Waals surface area contributed by atoms with Crippen molar-refractivity contribution in [1.29, 1.82) is 0 Å². The number of fused-ring (bicyclic) bond motifs is 7. The fraction of sp³-hybridized carbons (Fsp3) is 0.908. The molecule has 10 fully saturated rings. The van der Waals surface area contributed by atoms with Crippen LogP contribution in [0.4, 0.5) is 0 Å². The molecule has 640 valence electrons. The van der Waals surface area contributed by atoms with Gasteiger partial charge in [-0.2, -0.15) is 0 Å². The van der Waals surface area contributed by atoms with Gasteiger partial charge < -0.3 is 159 Å². The SMILES string of the molecule is CC1O[C@@H](OC2C(O)[C@@H](NC(=O)CCCCCCCCCCC(=O)O)C(CO)O[C@H]2NC(=O)[C@]23CCC(C)(C)CC2C2=CCC4C5(C)CC[C@H](O[C@@H]6OC(C(=O)O)[C@@H](O)[C@H](O[C@@H]7OC[C@@H](O)[C@H](O)C7O)C6O[C@@H]6OC(CO)[C@H](O)[C@H](O)C6O)[C@](C)(C=O)[C@@H]5CCC4(C)[C@]2(C)CC3O)C(O)C(O)[C@H]1O[C@@H]1OC[C@@H](O)C(O)C1O. The Hall–Kier alpha value is -3.79. The Morgan fingerprint density at radius 2 is 1.09 bits per heavy atom. The summed E-state index contributed by atoms with van der Waals surface area (Å²) in [6.07, 6.45) is -39.8. The minimum atomic E-state index is -2.23. The molecule has 0 bridgehead atoms. The number of aliphatic hydroxyl groups excluding tert-OH is 16. The zero-order valence-electron chi connectivity index (χ0n) is 64.6. The first-order valence-electron chi connectivity index (χ1n) is 39.9. The molecule has 0 radical (unpaired) electrons. The molecule has 38 atom stereocenters. The van der Waals surface area contributed by atoms with E-state index in [0.717, 1.165) is 44.0 Å². The summed E-state index contributed by atoms with van der Waals surface area (Å²) in [5.74, 6) is -5.22. The van der Waals surface area contributed by atoms with Crippen molar-refractivity contribution in [2.75, 3.05) is 26.4 Å². The van der Waals surface area contributed by atoms with E-state index < -0.39 is 279 Å². The van der Waals surface area contributed by atoms with Gasteiger partial charge in [-0.25, -0.2) is 4.79 Å². The van der Waals surface area contributed by atoms with Crippen molar-refractivity contribution in [2.45, 2.75) is 355 Å². The number of carbonyl (C=O) groups is 5. The second kappa shape index (κ2) is 35.6. The zero-order valence-corrected chi connectivity index (χ0v) is 64.6. The van der Waals surface area contributed by atoms with Crippen molar-refractivity contribution >= 4 is 30.0 Å². The van der Waals surface area contributed by atoms with Gasteiger partial charge in [0.05, 0.1) is 61.6 Å². The van der Waals surface area contributed by atoms with E-state index in [1.165, 1.54) is 6.92 Å². The topological polar surface area (TPSA) is 575 Å². The Morgan fingerprint density at radius 3 is 1.69 bits per heavy atom. The van der Waals surface area contributed by atoms with E-state index in [-0.39, 0.29) is 38.0 Å². The van der Waals surface area contributed by atoms with Crippen LogP contribution >= 0.6 is 0 Å². The van der Waals surface area contributed by atoms with Gasteiger partial charge in [0.15, 0.2) is 43.8 Å². The lowest BCUT2D eigenvalue weighted by Crippen LogP contribution is -2.72. The Kier molecular flexibility index (Phi) is 28.3.